The number of hydrogen-bond acceptors (Lipinski definition) is 2. The molecule has 0 aliphatic heterocycles. The molecule has 0 aliphatic carbocycles. The maximum absolute atomic E-state index is 13.4. The van der Waals surface area contributed by atoms with E-state index in [0.29, 0.717) is 18.5 Å². The Kier molecular flexibility index (Phi) is 4.93. The van der Waals surface area contributed by atoms with Crippen LogP contribution in [0.3, 0.4) is 0 Å². The molecule has 0 spiro atoms. The van der Waals surface area contributed by atoms with E-state index in [4.69, 9.17) is 0 Å². The van der Waals surface area contributed by atoms with Gasteiger partial charge in [-0.3, -0.25) is 4.79 Å². The zero-order chi connectivity index (χ0) is 15.2. The highest BCUT2D eigenvalue weighted by molar-refractivity contribution is 5.78. The van der Waals surface area contributed by atoms with Gasteiger partial charge in [-0.25, -0.2) is 4.39 Å². The van der Waals surface area contributed by atoms with E-state index in [9.17, 15) is 9.18 Å². The van der Waals surface area contributed by atoms with E-state index >= 15 is 0 Å². The van der Waals surface area contributed by atoms with Crippen LogP contribution >= 0.6 is 0 Å². The number of carbonyl (C=O) groups excluding carboxylic acids is 1. The van der Waals surface area contributed by atoms with Crippen LogP contribution in [0.15, 0.2) is 42.5 Å². The van der Waals surface area contributed by atoms with Crippen LogP contribution in [0.1, 0.15) is 16.7 Å². The molecule has 2 aromatic carbocycles. The molecule has 0 aliphatic rings. The molecular formula is C17H19FN2O. The SMILES string of the molecule is CNC(=O)Cc1ccc(NCc2ccc(C)c(F)c2)cc1. The molecular weight excluding hydrogens is 267 g/mol. The molecule has 0 aromatic heterocycles. The molecule has 0 bridgehead atoms. The number of hydrogen-bond donors (Lipinski definition) is 2. The number of anilines is 1. The molecule has 2 aromatic rings. The Morgan fingerprint density at radius 2 is 1.76 bits per heavy atom. The van der Waals surface area contributed by atoms with E-state index in [-0.39, 0.29) is 11.7 Å². The summed E-state index contributed by atoms with van der Waals surface area (Å²) in [5.74, 6) is -0.193. The average molecular weight is 286 g/mol. The van der Waals surface area contributed by atoms with Gasteiger partial charge in [0.2, 0.25) is 5.91 Å². The fourth-order valence-electron chi connectivity index (χ4n) is 1.96. The summed E-state index contributed by atoms with van der Waals surface area (Å²) in [7, 11) is 1.62. The normalized spacial score (nSPS) is 10.2. The summed E-state index contributed by atoms with van der Waals surface area (Å²) >= 11 is 0. The lowest BCUT2D eigenvalue weighted by Crippen LogP contribution is -2.19. The second-order valence-corrected chi connectivity index (χ2v) is 4.98. The fourth-order valence-corrected chi connectivity index (χ4v) is 1.96. The predicted octanol–water partition coefficient (Wildman–Crippen LogP) is 3.03. The van der Waals surface area contributed by atoms with Gasteiger partial charge >= 0.3 is 0 Å². The number of halogens is 1. The number of likely N-dealkylation sites (N-methyl/N-ethyl adjacent to an activating group) is 1. The summed E-state index contributed by atoms with van der Waals surface area (Å²) in [4.78, 5) is 11.3. The highest BCUT2D eigenvalue weighted by atomic mass is 19.1. The molecule has 0 saturated heterocycles. The summed E-state index contributed by atoms with van der Waals surface area (Å²) in [6.45, 7) is 2.31. The van der Waals surface area contributed by atoms with Gasteiger partial charge in [-0.05, 0) is 41.8 Å². The van der Waals surface area contributed by atoms with Crippen molar-refractivity contribution in [2.45, 2.75) is 19.9 Å². The number of benzene rings is 2. The molecule has 4 heteroatoms. The Bertz CT molecular complexity index is 623. The molecule has 0 atom stereocenters. The predicted molar refractivity (Wildman–Crippen MR) is 82.7 cm³/mol. The molecule has 0 fully saturated rings. The van der Waals surface area contributed by atoms with Crippen molar-refractivity contribution in [3.63, 3.8) is 0 Å². The molecule has 0 unspecified atom stereocenters. The molecule has 0 saturated carbocycles. The second-order valence-electron chi connectivity index (χ2n) is 4.98. The minimum Gasteiger partial charge on any atom is -0.381 e. The maximum Gasteiger partial charge on any atom is 0.224 e. The third kappa shape index (κ3) is 4.31. The number of aryl methyl sites for hydroxylation is 1. The van der Waals surface area contributed by atoms with Crippen molar-refractivity contribution < 1.29 is 9.18 Å². The molecule has 21 heavy (non-hydrogen) atoms. The van der Waals surface area contributed by atoms with Gasteiger partial charge in [-0.1, -0.05) is 24.3 Å². The van der Waals surface area contributed by atoms with Crippen LogP contribution < -0.4 is 10.6 Å². The molecule has 2 N–H and O–H groups in total. The first-order valence-electron chi connectivity index (χ1n) is 6.87. The number of carbonyl (C=O) groups is 1. The van der Waals surface area contributed by atoms with Gasteiger partial charge in [0, 0.05) is 19.3 Å². The molecule has 0 heterocycles. The van der Waals surface area contributed by atoms with Crippen LogP contribution in [0.25, 0.3) is 0 Å². The van der Waals surface area contributed by atoms with E-state index in [0.717, 1.165) is 16.8 Å². The summed E-state index contributed by atoms with van der Waals surface area (Å²) in [6, 6.07) is 12.9. The minimum absolute atomic E-state index is 0.00848. The van der Waals surface area contributed by atoms with Crippen LogP contribution in [-0.2, 0) is 17.8 Å². The van der Waals surface area contributed by atoms with Crippen molar-refractivity contribution in [3.8, 4) is 0 Å². The molecule has 0 radical (unpaired) electrons. The van der Waals surface area contributed by atoms with Crippen LogP contribution in [0, 0.1) is 12.7 Å². The Labute approximate surface area is 124 Å². The van der Waals surface area contributed by atoms with Crippen LogP contribution in [-0.4, -0.2) is 13.0 Å². The maximum atomic E-state index is 13.4. The molecule has 1 amide bonds. The minimum atomic E-state index is -0.185. The van der Waals surface area contributed by atoms with Gasteiger partial charge in [0.05, 0.1) is 6.42 Å². The van der Waals surface area contributed by atoms with Crippen LogP contribution in [0.4, 0.5) is 10.1 Å². The van der Waals surface area contributed by atoms with Gasteiger partial charge in [0.25, 0.3) is 0 Å². The topological polar surface area (TPSA) is 41.1 Å². The van der Waals surface area contributed by atoms with Crippen molar-refractivity contribution in [1.29, 1.82) is 0 Å². The Morgan fingerprint density at radius 3 is 2.38 bits per heavy atom. The average Bonchev–Trinajstić information content (AvgIpc) is 2.50. The highest BCUT2D eigenvalue weighted by Gasteiger charge is 2.02. The third-order valence-electron chi connectivity index (χ3n) is 3.33. The Hall–Kier alpha value is -2.36. The zero-order valence-electron chi connectivity index (χ0n) is 12.2. The fraction of sp³-hybridized carbons (Fsp3) is 0.235. The third-order valence-corrected chi connectivity index (χ3v) is 3.33. The standard InChI is InChI=1S/C17H19FN2O/c1-12-3-4-14(9-16(12)18)11-20-15-7-5-13(6-8-15)10-17(21)19-2/h3-9,20H,10-11H2,1-2H3,(H,19,21). The quantitative estimate of drug-likeness (QED) is 0.887. The zero-order valence-corrected chi connectivity index (χ0v) is 12.2. The first-order valence-corrected chi connectivity index (χ1v) is 6.87. The lowest BCUT2D eigenvalue weighted by molar-refractivity contribution is -0.119. The first kappa shape index (κ1) is 15.0. The van der Waals surface area contributed by atoms with Crippen molar-refractivity contribution in [3.05, 3.63) is 65.0 Å². The van der Waals surface area contributed by atoms with Crippen LogP contribution in [0.2, 0.25) is 0 Å². The molecule has 3 nitrogen and oxygen atoms in total. The lowest BCUT2D eigenvalue weighted by atomic mass is 10.1. The number of nitrogens with one attached hydrogen (secondary N) is 2. The van der Waals surface area contributed by atoms with E-state index in [1.165, 1.54) is 0 Å². The lowest BCUT2D eigenvalue weighted by Gasteiger charge is -2.08. The van der Waals surface area contributed by atoms with E-state index in [1.54, 1.807) is 26.1 Å². The highest BCUT2D eigenvalue weighted by Crippen LogP contribution is 2.14. The van der Waals surface area contributed by atoms with Crippen molar-refractivity contribution in [2.75, 3.05) is 12.4 Å². The van der Waals surface area contributed by atoms with Gasteiger partial charge < -0.3 is 10.6 Å². The number of rotatable bonds is 5. The number of amides is 1. The van der Waals surface area contributed by atoms with Gasteiger partial charge in [-0.15, -0.1) is 0 Å². The summed E-state index contributed by atoms with van der Waals surface area (Å²) in [6.07, 6.45) is 0.375. The molecule has 110 valence electrons. The van der Waals surface area contributed by atoms with Gasteiger partial charge in [0.15, 0.2) is 0 Å². The van der Waals surface area contributed by atoms with Gasteiger partial charge in [0.1, 0.15) is 5.82 Å². The van der Waals surface area contributed by atoms with Crippen molar-refractivity contribution in [2.24, 2.45) is 0 Å². The Morgan fingerprint density at radius 1 is 1.10 bits per heavy atom. The van der Waals surface area contributed by atoms with E-state index in [2.05, 4.69) is 10.6 Å². The largest absolute Gasteiger partial charge is 0.381 e. The monoisotopic (exact) mass is 286 g/mol. The first-order chi connectivity index (χ1) is 10.1. The molecule has 2 rings (SSSR count). The second kappa shape index (κ2) is 6.88. The van der Waals surface area contributed by atoms with Crippen molar-refractivity contribution in [1.82, 2.24) is 5.32 Å². The summed E-state index contributed by atoms with van der Waals surface area (Å²) in [5, 5.41) is 5.83. The summed E-state index contributed by atoms with van der Waals surface area (Å²) < 4.78 is 13.4. The van der Waals surface area contributed by atoms with E-state index in [1.807, 2.05) is 30.3 Å². The van der Waals surface area contributed by atoms with E-state index < -0.39 is 0 Å². The summed E-state index contributed by atoms with van der Waals surface area (Å²) in [5.41, 5.74) is 3.45. The van der Waals surface area contributed by atoms with Crippen molar-refractivity contribution >= 4 is 11.6 Å². The van der Waals surface area contributed by atoms with Crippen LogP contribution in [0.5, 0.6) is 0 Å². The Balaban J connectivity index is 1.94. The van der Waals surface area contributed by atoms with Gasteiger partial charge in [-0.2, -0.15) is 0 Å². The smallest absolute Gasteiger partial charge is 0.224 e.